The average Bonchev–Trinajstić information content (AvgIpc) is 3.02. The van der Waals surface area contributed by atoms with Crippen LogP contribution in [0, 0.1) is 12.8 Å². The second-order valence-electron chi connectivity index (χ2n) is 5.74. The van der Waals surface area contributed by atoms with Crippen LogP contribution in [0.2, 0.25) is 0 Å². The molecule has 108 valence electrons. The molecule has 0 saturated carbocycles. The highest BCUT2D eigenvalue weighted by Crippen LogP contribution is 2.36. The molecule has 0 aliphatic carbocycles. The molecular weight excluding hydrogens is 270 g/mol. The van der Waals surface area contributed by atoms with Crippen molar-refractivity contribution in [2.45, 2.75) is 39.7 Å². The Morgan fingerprint density at radius 2 is 2.25 bits per heavy atom. The van der Waals surface area contributed by atoms with Crippen LogP contribution < -0.4 is 16.2 Å². The Balaban J connectivity index is 2.13. The van der Waals surface area contributed by atoms with Crippen molar-refractivity contribution < 1.29 is 0 Å². The molecule has 6 heteroatoms. The Labute approximate surface area is 123 Å². The van der Waals surface area contributed by atoms with E-state index in [2.05, 4.69) is 47.1 Å². The molecule has 2 aromatic rings. The molecule has 2 aromatic heterocycles. The summed E-state index contributed by atoms with van der Waals surface area (Å²) in [5, 5.41) is 1.15. The van der Waals surface area contributed by atoms with Crippen molar-refractivity contribution in [1.29, 1.82) is 0 Å². The van der Waals surface area contributed by atoms with Crippen LogP contribution in [0.4, 0.5) is 11.8 Å². The molecule has 0 amide bonds. The number of aromatic nitrogens is 2. The smallest absolute Gasteiger partial charge is 0.240 e. The first kappa shape index (κ1) is 13.6. The SMILES string of the molecule is Cc1cc2c(N3CCCC3C(C)C)nc(NN)nc2s1. The van der Waals surface area contributed by atoms with Crippen molar-refractivity contribution in [1.82, 2.24) is 9.97 Å². The first-order chi connectivity index (χ1) is 9.60. The number of rotatable bonds is 3. The zero-order valence-corrected chi connectivity index (χ0v) is 13.0. The maximum Gasteiger partial charge on any atom is 0.240 e. The van der Waals surface area contributed by atoms with E-state index in [9.17, 15) is 0 Å². The summed E-state index contributed by atoms with van der Waals surface area (Å²) in [4.78, 5) is 13.8. The van der Waals surface area contributed by atoms with E-state index < -0.39 is 0 Å². The molecule has 1 atom stereocenters. The van der Waals surface area contributed by atoms with Crippen molar-refractivity contribution >= 4 is 33.3 Å². The third-order valence-electron chi connectivity index (χ3n) is 3.97. The van der Waals surface area contributed by atoms with Crippen LogP contribution in [0.25, 0.3) is 10.2 Å². The van der Waals surface area contributed by atoms with Gasteiger partial charge in [-0.25, -0.2) is 10.8 Å². The molecule has 3 rings (SSSR count). The topological polar surface area (TPSA) is 67.1 Å². The minimum Gasteiger partial charge on any atom is -0.353 e. The predicted molar refractivity (Wildman–Crippen MR) is 85.2 cm³/mol. The molecule has 1 aliphatic heterocycles. The summed E-state index contributed by atoms with van der Waals surface area (Å²) in [5.74, 6) is 7.68. The summed E-state index contributed by atoms with van der Waals surface area (Å²) >= 11 is 1.69. The minimum atomic E-state index is 0.503. The number of nitrogen functional groups attached to an aromatic ring is 1. The fourth-order valence-corrected chi connectivity index (χ4v) is 3.93. The highest BCUT2D eigenvalue weighted by Gasteiger charge is 2.30. The van der Waals surface area contributed by atoms with E-state index in [1.165, 1.54) is 17.7 Å². The second-order valence-corrected chi connectivity index (χ2v) is 6.97. The van der Waals surface area contributed by atoms with Gasteiger partial charge in [-0.3, -0.25) is 5.43 Å². The maximum absolute atomic E-state index is 5.52. The van der Waals surface area contributed by atoms with Crippen molar-refractivity contribution in [2.75, 3.05) is 16.9 Å². The second kappa shape index (κ2) is 5.18. The van der Waals surface area contributed by atoms with Gasteiger partial charge >= 0.3 is 0 Å². The van der Waals surface area contributed by atoms with Crippen molar-refractivity contribution in [3.63, 3.8) is 0 Å². The van der Waals surface area contributed by atoms with Crippen LogP contribution >= 0.6 is 11.3 Å². The van der Waals surface area contributed by atoms with Gasteiger partial charge in [0.15, 0.2) is 0 Å². The molecule has 1 aliphatic rings. The number of thiophene rings is 1. The molecule has 0 radical (unpaired) electrons. The number of hydrogen-bond acceptors (Lipinski definition) is 6. The lowest BCUT2D eigenvalue weighted by atomic mass is 10.0. The molecule has 3 heterocycles. The van der Waals surface area contributed by atoms with Gasteiger partial charge in [-0.2, -0.15) is 4.98 Å². The lowest BCUT2D eigenvalue weighted by molar-refractivity contribution is 0.490. The van der Waals surface area contributed by atoms with E-state index >= 15 is 0 Å². The van der Waals surface area contributed by atoms with Gasteiger partial charge in [0.1, 0.15) is 10.6 Å². The van der Waals surface area contributed by atoms with Gasteiger partial charge in [-0.1, -0.05) is 13.8 Å². The Kier molecular flexibility index (Phi) is 3.52. The highest BCUT2D eigenvalue weighted by molar-refractivity contribution is 7.18. The Morgan fingerprint density at radius 3 is 2.95 bits per heavy atom. The molecule has 1 saturated heterocycles. The molecule has 3 N–H and O–H groups in total. The van der Waals surface area contributed by atoms with Crippen LogP contribution in [0.15, 0.2) is 6.07 Å². The third-order valence-corrected chi connectivity index (χ3v) is 4.91. The van der Waals surface area contributed by atoms with Crippen molar-refractivity contribution in [2.24, 2.45) is 11.8 Å². The highest BCUT2D eigenvalue weighted by atomic mass is 32.1. The third kappa shape index (κ3) is 2.23. The molecule has 0 bridgehead atoms. The predicted octanol–water partition coefficient (Wildman–Crippen LogP) is 2.91. The van der Waals surface area contributed by atoms with Gasteiger partial charge < -0.3 is 4.90 Å². The van der Waals surface area contributed by atoms with E-state index in [0.29, 0.717) is 17.9 Å². The monoisotopic (exact) mass is 291 g/mol. The number of anilines is 2. The summed E-state index contributed by atoms with van der Waals surface area (Å²) in [7, 11) is 0. The van der Waals surface area contributed by atoms with Crippen LogP contribution in [0.1, 0.15) is 31.6 Å². The Hall–Kier alpha value is -1.40. The number of nitrogens with zero attached hydrogens (tertiary/aromatic N) is 3. The average molecular weight is 291 g/mol. The lowest BCUT2D eigenvalue weighted by Crippen LogP contribution is -2.34. The minimum absolute atomic E-state index is 0.503. The molecule has 5 nitrogen and oxygen atoms in total. The summed E-state index contributed by atoms with van der Waals surface area (Å²) in [6.45, 7) is 7.73. The van der Waals surface area contributed by atoms with Crippen LogP contribution in [-0.4, -0.2) is 22.6 Å². The number of hydrogen-bond donors (Lipinski definition) is 2. The van der Waals surface area contributed by atoms with Gasteiger partial charge in [0.25, 0.3) is 0 Å². The van der Waals surface area contributed by atoms with Crippen molar-refractivity contribution in [3.8, 4) is 0 Å². The number of nitrogens with one attached hydrogen (secondary N) is 1. The van der Waals surface area contributed by atoms with Gasteiger partial charge in [-0.05, 0) is 31.7 Å². The molecule has 1 fully saturated rings. The molecule has 0 aromatic carbocycles. The van der Waals surface area contributed by atoms with Crippen molar-refractivity contribution in [3.05, 3.63) is 10.9 Å². The van der Waals surface area contributed by atoms with Gasteiger partial charge in [0, 0.05) is 17.5 Å². The van der Waals surface area contributed by atoms with Gasteiger partial charge in [0.2, 0.25) is 5.95 Å². The zero-order chi connectivity index (χ0) is 14.3. The largest absolute Gasteiger partial charge is 0.353 e. The first-order valence-corrected chi connectivity index (χ1v) is 7.93. The van der Waals surface area contributed by atoms with E-state index in [1.807, 2.05) is 0 Å². The Morgan fingerprint density at radius 1 is 1.45 bits per heavy atom. The Bertz CT molecular complexity index is 621. The molecule has 0 spiro atoms. The zero-order valence-electron chi connectivity index (χ0n) is 12.2. The number of nitrogens with two attached hydrogens (primary N) is 1. The van der Waals surface area contributed by atoms with Gasteiger partial charge in [0.05, 0.1) is 5.39 Å². The standard InChI is InChI=1S/C14H21N5S/c1-8(2)11-5-4-6-19(11)12-10-7-9(3)20-13(10)17-14(16-12)18-15/h7-8,11H,4-6,15H2,1-3H3,(H,16,17,18). The number of aryl methyl sites for hydroxylation is 1. The molecule has 1 unspecified atom stereocenters. The van der Waals surface area contributed by atoms with Gasteiger partial charge in [-0.15, -0.1) is 11.3 Å². The lowest BCUT2D eigenvalue weighted by Gasteiger charge is -2.29. The molecular formula is C14H21N5S. The van der Waals surface area contributed by atoms with Crippen LogP contribution in [-0.2, 0) is 0 Å². The maximum atomic E-state index is 5.52. The van der Waals surface area contributed by atoms with E-state index in [-0.39, 0.29) is 0 Å². The quantitative estimate of drug-likeness (QED) is 0.672. The normalized spacial score (nSPS) is 19.2. The fourth-order valence-electron chi connectivity index (χ4n) is 3.06. The van der Waals surface area contributed by atoms with E-state index in [4.69, 9.17) is 5.84 Å². The van der Waals surface area contributed by atoms with E-state index in [1.54, 1.807) is 11.3 Å². The summed E-state index contributed by atoms with van der Waals surface area (Å²) in [6, 6.07) is 2.74. The van der Waals surface area contributed by atoms with Crippen LogP contribution in [0.3, 0.4) is 0 Å². The first-order valence-electron chi connectivity index (χ1n) is 7.11. The summed E-state index contributed by atoms with van der Waals surface area (Å²) < 4.78 is 0. The fraction of sp³-hybridized carbons (Fsp3) is 0.571. The molecule has 20 heavy (non-hydrogen) atoms. The summed E-state index contributed by atoms with van der Waals surface area (Å²) in [6.07, 6.45) is 2.46. The van der Waals surface area contributed by atoms with E-state index in [0.717, 1.165) is 22.6 Å². The number of hydrazine groups is 1. The summed E-state index contributed by atoms with van der Waals surface area (Å²) in [5.41, 5.74) is 2.59. The number of fused-ring (bicyclic) bond motifs is 1. The van der Waals surface area contributed by atoms with Crippen LogP contribution in [0.5, 0.6) is 0 Å².